The largest absolute Gasteiger partial charge is 0.345 e. The van der Waals surface area contributed by atoms with Crippen molar-refractivity contribution in [3.8, 4) is 0 Å². The monoisotopic (exact) mass is 166 g/mol. The molecule has 0 aliphatic heterocycles. The van der Waals surface area contributed by atoms with Crippen LogP contribution >= 0.6 is 0 Å². The summed E-state index contributed by atoms with van der Waals surface area (Å²) in [5.41, 5.74) is 1.24. The zero-order valence-corrected chi connectivity index (χ0v) is 8.39. The molecule has 1 N–H and O–H groups in total. The van der Waals surface area contributed by atoms with E-state index in [1.54, 1.807) is 0 Å². The Balaban J connectivity index is 2.77. The third-order valence-corrected chi connectivity index (χ3v) is 2.32. The molecule has 0 saturated carbocycles. The first kappa shape index (κ1) is 9.30. The Hall–Kier alpha value is -0.790. The number of H-pyrrole nitrogens is 1. The quantitative estimate of drug-likeness (QED) is 0.734. The molecule has 1 aromatic rings. The lowest BCUT2D eigenvalue weighted by molar-refractivity contribution is 0.683. The molecule has 0 spiro atoms. The van der Waals surface area contributed by atoms with Crippen LogP contribution in [0.25, 0.3) is 0 Å². The second-order valence-electron chi connectivity index (χ2n) is 3.69. The number of nitrogens with zero attached hydrogens (tertiary/aromatic N) is 1. The number of hydrogen-bond acceptors (Lipinski definition) is 1. The summed E-state index contributed by atoms with van der Waals surface area (Å²) < 4.78 is 0. The number of hydrogen-bond donors (Lipinski definition) is 1. The maximum atomic E-state index is 4.35. The van der Waals surface area contributed by atoms with Gasteiger partial charge < -0.3 is 4.98 Å². The molecule has 0 saturated heterocycles. The maximum absolute atomic E-state index is 4.35. The van der Waals surface area contributed by atoms with Crippen molar-refractivity contribution >= 4 is 0 Å². The Kier molecular flexibility index (Phi) is 2.90. The van der Waals surface area contributed by atoms with E-state index in [-0.39, 0.29) is 0 Å². The molecule has 1 atom stereocenters. The lowest BCUT2D eigenvalue weighted by atomic mass is 10.1. The van der Waals surface area contributed by atoms with Gasteiger partial charge in [0.25, 0.3) is 0 Å². The third kappa shape index (κ3) is 1.87. The number of rotatable bonds is 3. The summed E-state index contributed by atoms with van der Waals surface area (Å²) >= 11 is 0. The van der Waals surface area contributed by atoms with Crippen LogP contribution in [-0.2, 0) is 0 Å². The van der Waals surface area contributed by atoms with Gasteiger partial charge in [-0.3, -0.25) is 0 Å². The van der Waals surface area contributed by atoms with Crippen LogP contribution in [0.15, 0.2) is 6.20 Å². The normalized spacial score (nSPS) is 13.8. The van der Waals surface area contributed by atoms with Crippen LogP contribution in [0.2, 0.25) is 0 Å². The van der Waals surface area contributed by atoms with Gasteiger partial charge in [-0.15, -0.1) is 0 Å². The predicted molar refractivity (Wildman–Crippen MR) is 51.4 cm³/mol. The lowest BCUT2D eigenvalue weighted by Gasteiger charge is -2.04. The van der Waals surface area contributed by atoms with E-state index in [9.17, 15) is 0 Å². The van der Waals surface area contributed by atoms with Crippen molar-refractivity contribution in [2.75, 3.05) is 0 Å². The van der Waals surface area contributed by atoms with Crippen molar-refractivity contribution in [3.05, 3.63) is 17.7 Å². The van der Waals surface area contributed by atoms with Gasteiger partial charge in [-0.1, -0.05) is 27.7 Å². The van der Waals surface area contributed by atoms with Crippen molar-refractivity contribution in [1.82, 2.24) is 9.97 Å². The van der Waals surface area contributed by atoms with Crippen molar-refractivity contribution in [3.63, 3.8) is 0 Å². The average molecular weight is 166 g/mol. The molecule has 0 aliphatic carbocycles. The summed E-state index contributed by atoms with van der Waals surface area (Å²) in [7, 11) is 0. The molecule has 1 unspecified atom stereocenters. The number of aromatic amines is 1. The molecule has 0 amide bonds. The minimum Gasteiger partial charge on any atom is -0.345 e. The highest BCUT2D eigenvalue weighted by Crippen LogP contribution is 2.18. The zero-order chi connectivity index (χ0) is 9.14. The van der Waals surface area contributed by atoms with Crippen molar-refractivity contribution in [1.29, 1.82) is 0 Å². The molecular formula is C10H18N2. The lowest BCUT2D eigenvalue weighted by Crippen LogP contribution is -1.94. The fraction of sp³-hybridized carbons (Fsp3) is 0.700. The van der Waals surface area contributed by atoms with Gasteiger partial charge in [0, 0.05) is 17.8 Å². The Labute approximate surface area is 74.4 Å². The van der Waals surface area contributed by atoms with Gasteiger partial charge in [0.2, 0.25) is 0 Å². The molecule has 1 rings (SSSR count). The Morgan fingerprint density at radius 1 is 1.42 bits per heavy atom. The van der Waals surface area contributed by atoms with E-state index < -0.39 is 0 Å². The van der Waals surface area contributed by atoms with Crippen molar-refractivity contribution < 1.29 is 0 Å². The number of aromatic nitrogens is 2. The van der Waals surface area contributed by atoms with Crippen LogP contribution in [0.4, 0.5) is 0 Å². The first-order valence-electron chi connectivity index (χ1n) is 4.70. The van der Waals surface area contributed by atoms with Crippen LogP contribution in [0.1, 0.15) is 57.5 Å². The van der Waals surface area contributed by atoms with E-state index in [0.29, 0.717) is 11.8 Å². The average Bonchev–Trinajstić information content (AvgIpc) is 2.51. The summed E-state index contributed by atoms with van der Waals surface area (Å²) in [6, 6.07) is 0. The van der Waals surface area contributed by atoms with Gasteiger partial charge >= 0.3 is 0 Å². The minimum absolute atomic E-state index is 0.551. The standard InChI is InChI=1S/C10H18N2/c1-5-8(4)10-11-6-9(12-10)7(2)3/h6-8H,5H2,1-4H3,(H,11,12). The van der Waals surface area contributed by atoms with Gasteiger partial charge in [0.05, 0.1) is 0 Å². The van der Waals surface area contributed by atoms with E-state index in [1.165, 1.54) is 5.69 Å². The first-order valence-corrected chi connectivity index (χ1v) is 4.70. The van der Waals surface area contributed by atoms with Crippen LogP contribution in [0.5, 0.6) is 0 Å². The summed E-state index contributed by atoms with van der Waals surface area (Å²) in [5, 5.41) is 0. The Morgan fingerprint density at radius 2 is 2.08 bits per heavy atom. The maximum Gasteiger partial charge on any atom is 0.109 e. The first-order chi connectivity index (χ1) is 5.65. The molecule has 0 radical (unpaired) electrons. The Bertz CT molecular complexity index is 238. The van der Waals surface area contributed by atoms with Gasteiger partial charge in [0.15, 0.2) is 0 Å². The highest BCUT2D eigenvalue weighted by Gasteiger charge is 2.08. The highest BCUT2D eigenvalue weighted by atomic mass is 14.9. The van der Waals surface area contributed by atoms with Gasteiger partial charge in [-0.2, -0.15) is 0 Å². The topological polar surface area (TPSA) is 28.7 Å². The van der Waals surface area contributed by atoms with Gasteiger partial charge in [-0.05, 0) is 12.3 Å². The molecule has 2 nitrogen and oxygen atoms in total. The van der Waals surface area contributed by atoms with E-state index in [0.717, 1.165) is 12.2 Å². The molecule has 1 heterocycles. The zero-order valence-electron chi connectivity index (χ0n) is 8.39. The molecular weight excluding hydrogens is 148 g/mol. The van der Waals surface area contributed by atoms with E-state index in [1.807, 2.05) is 6.20 Å². The minimum atomic E-state index is 0.551. The van der Waals surface area contributed by atoms with E-state index in [2.05, 4.69) is 37.7 Å². The van der Waals surface area contributed by atoms with Crippen LogP contribution in [0, 0.1) is 0 Å². The number of nitrogens with one attached hydrogen (secondary N) is 1. The second kappa shape index (κ2) is 3.74. The third-order valence-electron chi connectivity index (χ3n) is 2.32. The van der Waals surface area contributed by atoms with Crippen LogP contribution in [-0.4, -0.2) is 9.97 Å². The molecule has 0 aliphatic rings. The predicted octanol–water partition coefficient (Wildman–Crippen LogP) is 3.05. The fourth-order valence-electron chi connectivity index (χ4n) is 1.09. The molecule has 0 aromatic carbocycles. The highest BCUT2D eigenvalue weighted by molar-refractivity contribution is 5.07. The van der Waals surface area contributed by atoms with E-state index in [4.69, 9.17) is 0 Å². The summed E-state index contributed by atoms with van der Waals surface area (Å²) in [4.78, 5) is 7.70. The molecule has 12 heavy (non-hydrogen) atoms. The smallest absolute Gasteiger partial charge is 0.109 e. The molecule has 68 valence electrons. The summed E-state index contributed by atoms with van der Waals surface area (Å²) in [6.07, 6.45) is 3.09. The molecule has 1 aromatic heterocycles. The van der Waals surface area contributed by atoms with Crippen molar-refractivity contribution in [2.45, 2.75) is 46.0 Å². The Morgan fingerprint density at radius 3 is 2.50 bits per heavy atom. The summed E-state index contributed by atoms with van der Waals surface area (Å²) in [5.74, 6) is 2.23. The molecule has 2 heteroatoms. The van der Waals surface area contributed by atoms with Gasteiger partial charge in [0.1, 0.15) is 5.82 Å². The fourth-order valence-corrected chi connectivity index (χ4v) is 1.09. The van der Waals surface area contributed by atoms with Crippen LogP contribution in [0.3, 0.4) is 0 Å². The second-order valence-corrected chi connectivity index (χ2v) is 3.69. The van der Waals surface area contributed by atoms with Crippen LogP contribution < -0.4 is 0 Å². The number of imidazole rings is 1. The van der Waals surface area contributed by atoms with Gasteiger partial charge in [-0.25, -0.2) is 4.98 Å². The molecule has 0 bridgehead atoms. The van der Waals surface area contributed by atoms with E-state index >= 15 is 0 Å². The summed E-state index contributed by atoms with van der Waals surface area (Å²) in [6.45, 7) is 8.73. The van der Waals surface area contributed by atoms with Crippen molar-refractivity contribution in [2.24, 2.45) is 0 Å². The molecule has 0 fully saturated rings. The SMILES string of the molecule is CCC(C)c1ncc(C(C)C)[nH]1.